The summed E-state index contributed by atoms with van der Waals surface area (Å²) >= 11 is 0. The van der Waals surface area contributed by atoms with Gasteiger partial charge in [-0.1, -0.05) is 24.3 Å². The highest BCUT2D eigenvalue weighted by molar-refractivity contribution is 7.87. The molecule has 0 fully saturated rings. The van der Waals surface area contributed by atoms with Gasteiger partial charge >= 0.3 is 22.2 Å². The predicted octanol–water partition coefficient (Wildman–Crippen LogP) is 2.03. The maximum absolute atomic E-state index is 12.8. The molecule has 0 radical (unpaired) electrons. The Kier molecular flexibility index (Phi) is 7.41. The number of benzene rings is 2. The summed E-state index contributed by atoms with van der Waals surface area (Å²) < 4.78 is 47.7. The van der Waals surface area contributed by atoms with E-state index in [1.54, 1.807) is 24.3 Å². The molecule has 0 heterocycles. The van der Waals surface area contributed by atoms with Crippen LogP contribution in [0.15, 0.2) is 48.5 Å². The summed E-state index contributed by atoms with van der Waals surface area (Å²) in [6, 6.07) is 12.8. The number of esters is 2. The van der Waals surface area contributed by atoms with E-state index in [0.29, 0.717) is 16.9 Å². The first-order valence-electron chi connectivity index (χ1n) is 8.77. The fourth-order valence-electron chi connectivity index (χ4n) is 3.14. The summed E-state index contributed by atoms with van der Waals surface area (Å²) in [5.74, 6) is -0.966. The lowest BCUT2D eigenvalue weighted by Gasteiger charge is -2.28. The molecule has 0 spiro atoms. The number of anilines is 1. The number of rotatable bonds is 9. The highest BCUT2D eigenvalue weighted by Crippen LogP contribution is 2.33. The standard InChI is InChI=1S/C20H23NO8S/c1-27-17-6-4-5-15(11-17)13-20(18(22)28-2,19(23)29-3)12-14-7-9-16(10-8-14)21-30(24,25)26/h4-11,21H,12-13H2,1-3H3,(H,24,25,26). The van der Waals surface area contributed by atoms with E-state index in [1.165, 1.54) is 45.6 Å². The van der Waals surface area contributed by atoms with E-state index in [0.717, 1.165) is 0 Å². The summed E-state index contributed by atoms with van der Waals surface area (Å²) in [5.41, 5.74) is -0.339. The number of nitrogens with one attached hydrogen (secondary N) is 1. The van der Waals surface area contributed by atoms with E-state index < -0.39 is 27.7 Å². The summed E-state index contributed by atoms with van der Waals surface area (Å²) in [6.45, 7) is 0. The Morgan fingerprint density at radius 2 is 1.50 bits per heavy atom. The molecule has 0 aliphatic carbocycles. The maximum Gasteiger partial charge on any atom is 0.357 e. The average Bonchev–Trinajstić information content (AvgIpc) is 2.72. The second-order valence-corrected chi connectivity index (χ2v) is 7.70. The first kappa shape index (κ1) is 23.2. The zero-order valence-electron chi connectivity index (χ0n) is 16.7. The molecule has 0 saturated carbocycles. The van der Waals surface area contributed by atoms with Gasteiger partial charge in [-0.15, -0.1) is 0 Å². The van der Waals surface area contributed by atoms with Crippen LogP contribution in [0.25, 0.3) is 0 Å². The van der Waals surface area contributed by atoms with Crippen molar-refractivity contribution < 1.29 is 36.8 Å². The van der Waals surface area contributed by atoms with Crippen LogP contribution in [0.4, 0.5) is 5.69 Å². The quantitative estimate of drug-likeness (QED) is 0.346. The van der Waals surface area contributed by atoms with Crippen LogP contribution < -0.4 is 9.46 Å². The molecule has 0 aromatic heterocycles. The molecule has 2 N–H and O–H groups in total. The topological polar surface area (TPSA) is 128 Å². The summed E-state index contributed by atoms with van der Waals surface area (Å²) in [6.07, 6.45) is -0.0652. The number of carbonyl (C=O) groups excluding carboxylic acids is 2. The third-order valence-corrected chi connectivity index (χ3v) is 4.99. The van der Waals surface area contributed by atoms with Crippen LogP contribution in [-0.2, 0) is 42.2 Å². The Morgan fingerprint density at radius 3 is 2.00 bits per heavy atom. The summed E-state index contributed by atoms with van der Waals surface area (Å²) in [4.78, 5) is 25.5. The number of carbonyl (C=O) groups is 2. The molecule has 162 valence electrons. The summed E-state index contributed by atoms with van der Waals surface area (Å²) in [5, 5.41) is 0. The van der Waals surface area contributed by atoms with Crippen molar-refractivity contribution in [2.75, 3.05) is 26.1 Å². The van der Waals surface area contributed by atoms with Gasteiger partial charge in [-0.25, -0.2) is 0 Å². The van der Waals surface area contributed by atoms with E-state index in [-0.39, 0.29) is 18.5 Å². The van der Waals surface area contributed by atoms with Crippen LogP contribution in [-0.4, -0.2) is 46.2 Å². The molecule has 0 unspecified atom stereocenters. The minimum Gasteiger partial charge on any atom is -0.497 e. The molecule has 0 saturated heterocycles. The van der Waals surface area contributed by atoms with E-state index >= 15 is 0 Å². The first-order chi connectivity index (χ1) is 14.1. The zero-order chi connectivity index (χ0) is 22.4. The molecule has 10 heteroatoms. The Bertz CT molecular complexity index is 986. The number of hydrogen-bond acceptors (Lipinski definition) is 7. The van der Waals surface area contributed by atoms with Crippen LogP contribution in [0.2, 0.25) is 0 Å². The normalized spacial score (nSPS) is 11.5. The number of ether oxygens (including phenoxy) is 3. The molecular weight excluding hydrogens is 414 g/mol. The van der Waals surface area contributed by atoms with Crippen molar-refractivity contribution in [3.63, 3.8) is 0 Å². The Hall–Kier alpha value is -3.11. The molecule has 0 bridgehead atoms. The molecule has 0 atom stereocenters. The third kappa shape index (κ3) is 5.71. The van der Waals surface area contributed by atoms with Crippen LogP contribution in [0.1, 0.15) is 11.1 Å². The molecule has 0 amide bonds. The highest BCUT2D eigenvalue weighted by Gasteiger charge is 2.48. The van der Waals surface area contributed by atoms with Crippen molar-refractivity contribution in [1.82, 2.24) is 0 Å². The Balaban J connectivity index is 2.44. The largest absolute Gasteiger partial charge is 0.497 e. The smallest absolute Gasteiger partial charge is 0.357 e. The summed E-state index contributed by atoms with van der Waals surface area (Å²) in [7, 11) is -0.538. The second kappa shape index (κ2) is 9.59. The van der Waals surface area contributed by atoms with Gasteiger partial charge in [-0.2, -0.15) is 8.42 Å². The molecule has 2 rings (SSSR count). The van der Waals surface area contributed by atoms with E-state index in [2.05, 4.69) is 0 Å². The monoisotopic (exact) mass is 437 g/mol. The van der Waals surface area contributed by atoms with Crippen LogP contribution in [0, 0.1) is 5.41 Å². The van der Waals surface area contributed by atoms with Gasteiger partial charge in [0.1, 0.15) is 5.75 Å². The molecule has 0 aliphatic heterocycles. The number of hydrogen-bond donors (Lipinski definition) is 2. The zero-order valence-corrected chi connectivity index (χ0v) is 17.6. The molecule has 30 heavy (non-hydrogen) atoms. The van der Waals surface area contributed by atoms with Gasteiger partial charge in [0.25, 0.3) is 0 Å². The van der Waals surface area contributed by atoms with Gasteiger partial charge in [0.05, 0.1) is 27.0 Å². The van der Waals surface area contributed by atoms with E-state index in [4.69, 9.17) is 18.8 Å². The molecule has 9 nitrogen and oxygen atoms in total. The molecular formula is C20H23NO8S. The van der Waals surface area contributed by atoms with E-state index in [9.17, 15) is 18.0 Å². The average molecular weight is 437 g/mol. The van der Waals surface area contributed by atoms with Crippen molar-refractivity contribution >= 4 is 27.9 Å². The lowest BCUT2D eigenvalue weighted by Crippen LogP contribution is -2.45. The van der Waals surface area contributed by atoms with Gasteiger partial charge in [0.15, 0.2) is 5.41 Å². The molecule has 2 aromatic rings. The van der Waals surface area contributed by atoms with Gasteiger partial charge in [-0.05, 0) is 48.2 Å². The van der Waals surface area contributed by atoms with Gasteiger partial charge < -0.3 is 14.2 Å². The molecule has 0 aliphatic rings. The first-order valence-corrected chi connectivity index (χ1v) is 10.2. The van der Waals surface area contributed by atoms with Gasteiger partial charge in [0, 0.05) is 0 Å². The van der Waals surface area contributed by atoms with Crippen molar-refractivity contribution in [2.24, 2.45) is 5.41 Å². The van der Waals surface area contributed by atoms with Crippen molar-refractivity contribution in [3.8, 4) is 5.75 Å². The van der Waals surface area contributed by atoms with Crippen LogP contribution >= 0.6 is 0 Å². The van der Waals surface area contributed by atoms with E-state index in [1.807, 2.05) is 4.72 Å². The molecule has 2 aromatic carbocycles. The Labute approximate surface area is 174 Å². The predicted molar refractivity (Wildman–Crippen MR) is 108 cm³/mol. The lowest BCUT2D eigenvalue weighted by molar-refractivity contribution is -0.169. The second-order valence-electron chi connectivity index (χ2n) is 6.54. The minimum atomic E-state index is -4.42. The van der Waals surface area contributed by atoms with Gasteiger partial charge in [0.2, 0.25) is 0 Å². The maximum atomic E-state index is 12.8. The highest BCUT2D eigenvalue weighted by atomic mass is 32.2. The lowest BCUT2D eigenvalue weighted by atomic mass is 9.76. The Morgan fingerprint density at radius 1 is 0.933 bits per heavy atom. The van der Waals surface area contributed by atoms with Crippen LogP contribution in [0.3, 0.4) is 0 Å². The van der Waals surface area contributed by atoms with Crippen molar-refractivity contribution in [1.29, 1.82) is 0 Å². The SMILES string of the molecule is COC(=O)C(Cc1ccc(NS(=O)(=O)O)cc1)(Cc1cccc(OC)c1)C(=O)OC. The minimum absolute atomic E-state index is 0.00539. The fourth-order valence-corrected chi connectivity index (χ4v) is 3.58. The fraction of sp³-hybridized carbons (Fsp3) is 0.300. The number of methoxy groups -OCH3 is 3. The van der Waals surface area contributed by atoms with Crippen LogP contribution in [0.5, 0.6) is 5.75 Å². The van der Waals surface area contributed by atoms with Gasteiger partial charge in [-0.3, -0.25) is 18.9 Å². The van der Waals surface area contributed by atoms with Crippen molar-refractivity contribution in [2.45, 2.75) is 12.8 Å². The van der Waals surface area contributed by atoms with Crippen molar-refractivity contribution in [3.05, 3.63) is 59.7 Å². The third-order valence-electron chi connectivity index (χ3n) is 4.50.